The third-order valence-electron chi connectivity index (χ3n) is 4.85. The Morgan fingerprint density at radius 2 is 2.04 bits per heavy atom. The van der Waals surface area contributed by atoms with Gasteiger partial charge in [0.1, 0.15) is 11.6 Å². The number of piperidine rings is 1. The molecular formula is C19H26N6. The summed E-state index contributed by atoms with van der Waals surface area (Å²) in [5.74, 6) is 0.302. The van der Waals surface area contributed by atoms with E-state index in [1.54, 1.807) is 0 Å². The number of aromatic amines is 1. The van der Waals surface area contributed by atoms with Gasteiger partial charge in [-0.15, -0.1) is 0 Å². The van der Waals surface area contributed by atoms with Crippen molar-refractivity contribution in [2.75, 3.05) is 25.4 Å². The predicted octanol–water partition coefficient (Wildman–Crippen LogP) is 2.05. The molecule has 2 aromatic rings. The molecule has 1 aromatic heterocycles. The number of H-pyrrole nitrogens is 1. The molecule has 0 radical (unpaired) electrons. The summed E-state index contributed by atoms with van der Waals surface area (Å²) in [6.07, 6.45) is 4.15. The van der Waals surface area contributed by atoms with E-state index in [0.717, 1.165) is 44.7 Å². The Hall–Kier alpha value is -2.36. The van der Waals surface area contributed by atoms with Gasteiger partial charge >= 0.3 is 0 Å². The van der Waals surface area contributed by atoms with E-state index in [-0.39, 0.29) is 0 Å². The van der Waals surface area contributed by atoms with Crippen LogP contribution in [0.3, 0.4) is 0 Å². The smallest absolute Gasteiger partial charge is 0.163 e. The number of nitrogens with one attached hydrogen (secondary N) is 2. The molecule has 1 aliphatic rings. The summed E-state index contributed by atoms with van der Waals surface area (Å²) in [6.45, 7) is 4.28. The Labute approximate surface area is 149 Å². The predicted molar refractivity (Wildman–Crippen MR) is 98.8 cm³/mol. The third-order valence-corrected chi connectivity index (χ3v) is 4.85. The summed E-state index contributed by atoms with van der Waals surface area (Å²) in [4.78, 5) is 2.53. The van der Waals surface area contributed by atoms with Crippen LogP contribution in [0, 0.1) is 11.3 Å². The molecule has 0 aliphatic carbocycles. The van der Waals surface area contributed by atoms with Gasteiger partial charge in [0, 0.05) is 12.6 Å². The molecule has 0 bridgehead atoms. The number of likely N-dealkylation sites (tertiary alicyclic amines) is 1. The first-order valence-electron chi connectivity index (χ1n) is 8.98. The Morgan fingerprint density at radius 1 is 1.28 bits per heavy atom. The van der Waals surface area contributed by atoms with Gasteiger partial charge in [0.25, 0.3) is 0 Å². The third kappa shape index (κ3) is 4.81. The molecule has 6 heteroatoms. The van der Waals surface area contributed by atoms with Gasteiger partial charge in [-0.05, 0) is 50.9 Å². The van der Waals surface area contributed by atoms with E-state index < -0.39 is 0 Å². The number of rotatable bonds is 7. The van der Waals surface area contributed by atoms with Gasteiger partial charge in [-0.2, -0.15) is 10.4 Å². The standard InChI is InChI=1S/C19H26N6/c20-13-17-18(23-24-19(17)21)7-4-10-22-16-8-11-25(12-9-16)14-15-5-2-1-3-6-15/h1-3,5-6,16,22H,4,7-12,14H2,(H3,21,23,24). The molecule has 4 N–H and O–H groups in total. The minimum Gasteiger partial charge on any atom is -0.381 e. The first-order valence-corrected chi connectivity index (χ1v) is 8.98. The Balaban J connectivity index is 1.33. The SMILES string of the molecule is N#Cc1c(N)n[nH]c1CCCNC1CCN(Cc2ccccc2)CC1. The van der Waals surface area contributed by atoms with Crippen LogP contribution in [-0.2, 0) is 13.0 Å². The van der Waals surface area contributed by atoms with Gasteiger partial charge in [-0.3, -0.25) is 10.00 Å². The zero-order valence-corrected chi connectivity index (χ0v) is 14.5. The maximum atomic E-state index is 9.07. The summed E-state index contributed by atoms with van der Waals surface area (Å²) in [5.41, 5.74) is 8.39. The van der Waals surface area contributed by atoms with Gasteiger partial charge in [-0.1, -0.05) is 30.3 Å². The minimum atomic E-state index is 0.302. The number of hydrogen-bond donors (Lipinski definition) is 3. The number of benzene rings is 1. The van der Waals surface area contributed by atoms with Gasteiger partial charge in [0.05, 0.1) is 5.69 Å². The number of nitrogen functional groups attached to an aromatic ring is 1. The maximum absolute atomic E-state index is 9.07. The molecule has 132 valence electrons. The zero-order chi connectivity index (χ0) is 17.5. The summed E-state index contributed by atoms with van der Waals surface area (Å²) in [7, 11) is 0. The van der Waals surface area contributed by atoms with Crippen LogP contribution in [0.2, 0.25) is 0 Å². The molecule has 2 heterocycles. The highest BCUT2D eigenvalue weighted by Crippen LogP contribution is 2.15. The lowest BCUT2D eigenvalue weighted by molar-refractivity contribution is 0.190. The Kier molecular flexibility index (Phi) is 6.04. The fourth-order valence-electron chi connectivity index (χ4n) is 3.41. The molecule has 3 rings (SSSR count). The summed E-state index contributed by atoms with van der Waals surface area (Å²) in [5, 5.41) is 19.5. The molecule has 0 atom stereocenters. The van der Waals surface area contributed by atoms with Gasteiger partial charge in [-0.25, -0.2) is 0 Å². The highest BCUT2D eigenvalue weighted by atomic mass is 15.2. The Bertz CT molecular complexity index is 694. The number of aryl methyl sites for hydroxylation is 1. The summed E-state index contributed by atoms with van der Waals surface area (Å²) < 4.78 is 0. The second kappa shape index (κ2) is 8.65. The van der Waals surface area contributed by atoms with E-state index in [2.05, 4.69) is 56.8 Å². The van der Waals surface area contributed by atoms with Crippen molar-refractivity contribution in [3.05, 3.63) is 47.2 Å². The van der Waals surface area contributed by atoms with Crippen molar-refractivity contribution in [3.8, 4) is 6.07 Å². The number of anilines is 1. The second-order valence-corrected chi connectivity index (χ2v) is 6.67. The summed E-state index contributed by atoms with van der Waals surface area (Å²) in [6, 6.07) is 13.4. The molecule has 1 fully saturated rings. The van der Waals surface area contributed by atoms with Crippen molar-refractivity contribution in [3.63, 3.8) is 0 Å². The van der Waals surface area contributed by atoms with E-state index >= 15 is 0 Å². The molecule has 6 nitrogen and oxygen atoms in total. The molecule has 25 heavy (non-hydrogen) atoms. The van der Waals surface area contributed by atoms with Gasteiger partial charge < -0.3 is 11.1 Å². The van der Waals surface area contributed by atoms with Crippen molar-refractivity contribution in [1.29, 1.82) is 5.26 Å². The average Bonchev–Trinajstić information content (AvgIpc) is 3.00. The second-order valence-electron chi connectivity index (χ2n) is 6.67. The number of nitrogens with zero attached hydrogens (tertiary/aromatic N) is 3. The topological polar surface area (TPSA) is 93.8 Å². The van der Waals surface area contributed by atoms with Crippen LogP contribution in [0.25, 0.3) is 0 Å². The van der Waals surface area contributed by atoms with E-state index in [9.17, 15) is 0 Å². The molecule has 0 saturated carbocycles. The van der Waals surface area contributed by atoms with Crippen molar-refractivity contribution < 1.29 is 0 Å². The largest absolute Gasteiger partial charge is 0.381 e. The lowest BCUT2D eigenvalue weighted by Gasteiger charge is -2.32. The number of aromatic nitrogens is 2. The molecule has 1 aromatic carbocycles. The minimum absolute atomic E-state index is 0.302. The van der Waals surface area contributed by atoms with Crippen molar-refractivity contribution in [2.45, 2.75) is 38.3 Å². The van der Waals surface area contributed by atoms with Crippen LogP contribution in [-0.4, -0.2) is 40.8 Å². The highest BCUT2D eigenvalue weighted by Gasteiger charge is 2.18. The fraction of sp³-hybridized carbons (Fsp3) is 0.474. The van der Waals surface area contributed by atoms with Crippen LogP contribution >= 0.6 is 0 Å². The summed E-state index contributed by atoms with van der Waals surface area (Å²) >= 11 is 0. The fourth-order valence-corrected chi connectivity index (χ4v) is 3.41. The van der Waals surface area contributed by atoms with E-state index in [4.69, 9.17) is 11.0 Å². The normalized spacial score (nSPS) is 16.0. The van der Waals surface area contributed by atoms with Crippen LogP contribution in [0.5, 0.6) is 0 Å². The molecule has 1 saturated heterocycles. The molecule has 0 amide bonds. The molecular weight excluding hydrogens is 312 g/mol. The van der Waals surface area contributed by atoms with Crippen LogP contribution < -0.4 is 11.1 Å². The van der Waals surface area contributed by atoms with Gasteiger partial charge in [0.15, 0.2) is 5.82 Å². The quantitative estimate of drug-likeness (QED) is 0.672. The monoisotopic (exact) mass is 338 g/mol. The molecule has 1 aliphatic heterocycles. The first kappa shape index (κ1) is 17.5. The van der Waals surface area contributed by atoms with Crippen LogP contribution in [0.4, 0.5) is 5.82 Å². The van der Waals surface area contributed by atoms with E-state index in [1.165, 1.54) is 18.4 Å². The highest BCUT2D eigenvalue weighted by molar-refractivity contribution is 5.50. The molecule has 0 unspecified atom stereocenters. The number of nitrogens with two attached hydrogens (primary N) is 1. The van der Waals surface area contributed by atoms with Crippen molar-refractivity contribution in [1.82, 2.24) is 20.4 Å². The molecule has 0 spiro atoms. The lowest BCUT2D eigenvalue weighted by atomic mass is 10.0. The average molecular weight is 338 g/mol. The number of nitriles is 1. The number of hydrogen-bond acceptors (Lipinski definition) is 5. The van der Waals surface area contributed by atoms with Gasteiger partial charge in [0.2, 0.25) is 0 Å². The first-order chi connectivity index (χ1) is 12.3. The zero-order valence-electron chi connectivity index (χ0n) is 14.5. The Morgan fingerprint density at radius 3 is 2.76 bits per heavy atom. The maximum Gasteiger partial charge on any atom is 0.163 e. The van der Waals surface area contributed by atoms with E-state index in [0.29, 0.717) is 17.4 Å². The van der Waals surface area contributed by atoms with Crippen molar-refractivity contribution >= 4 is 5.82 Å². The van der Waals surface area contributed by atoms with Crippen LogP contribution in [0.1, 0.15) is 36.1 Å². The lowest BCUT2D eigenvalue weighted by Crippen LogP contribution is -2.42. The van der Waals surface area contributed by atoms with Crippen LogP contribution in [0.15, 0.2) is 30.3 Å². The van der Waals surface area contributed by atoms with E-state index in [1.807, 2.05) is 0 Å². The van der Waals surface area contributed by atoms with Crippen molar-refractivity contribution in [2.24, 2.45) is 0 Å².